The number of aliphatic hydroxyl groups excluding tert-OH is 1. The summed E-state index contributed by atoms with van der Waals surface area (Å²) in [5, 5.41) is 10.6. The van der Waals surface area contributed by atoms with Gasteiger partial charge in [0.1, 0.15) is 0 Å². The van der Waals surface area contributed by atoms with Crippen LogP contribution in [0.3, 0.4) is 0 Å². The van der Waals surface area contributed by atoms with Crippen LogP contribution >= 0.6 is 11.3 Å². The normalized spacial score (nSPS) is 22.0. The smallest absolute Gasteiger partial charge is 0.243 e. The predicted molar refractivity (Wildman–Crippen MR) is 76.6 cm³/mol. The number of hydrogen-bond acceptors (Lipinski definition) is 4. The van der Waals surface area contributed by atoms with E-state index >= 15 is 0 Å². The summed E-state index contributed by atoms with van der Waals surface area (Å²) in [6.07, 6.45) is 0.916. The lowest BCUT2D eigenvalue weighted by Crippen LogP contribution is -2.31. The second-order valence-electron chi connectivity index (χ2n) is 6.12. The lowest BCUT2D eigenvalue weighted by Gasteiger charge is -2.26. The predicted octanol–water partition coefficient (Wildman–Crippen LogP) is 2.30. The third-order valence-corrected chi connectivity index (χ3v) is 6.71. The Kier molecular flexibility index (Phi) is 4.07. The van der Waals surface area contributed by atoms with Crippen LogP contribution in [-0.4, -0.2) is 30.9 Å². The first kappa shape index (κ1) is 15.0. The minimum Gasteiger partial charge on any atom is -0.391 e. The number of aliphatic hydroxyl groups is 1. The average molecular weight is 303 g/mol. The molecule has 0 amide bonds. The van der Waals surface area contributed by atoms with Crippen molar-refractivity contribution in [3.63, 3.8) is 0 Å². The average Bonchev–Trinajstić information content (AvgIpc) is 2.98. The van der Waals surface area contributed by atoms with Gasteiger partial charge in [0.05, 0.1) is 11.5 Å². The van der Waals surface area contributed by atoms with Gasteiger partial charge in [0, 0.05) is 23.3 Å². The van der Waals surface area contributed by atoms with Crippen molar-refractivity contribution in [1.29, 1.82) is 0 Å². The van der Waals surface area contributed by atoms with E-state index in [1.807, 2.05) is 0 Å². The molecule has 0 radical (unpaired) electrons. The molecule has 2 rings (SSSR count). The van der Waals surface area contributed by atoms with Crippen LogP contribution in [0.4, 0.5) is 0 Å². The van der Waals surface area contributed by atoms with Crippen molar-refractivity contribution < 1.29 is 13.5 Å². The van der Waals surface area contributed by atoms with E-state index in [-0.39, 0.29) is 12.0 Å². The molecule has 0 saturated carbocycles. The number of rotatable bonds is 3. The van der Waals surface area contributed by atoms with Gasteiger partial charge in [-0.1, -0.05) is 20.8 Å². The Morgan fingerprint density at radius 1 is 1.47 bits per heavy atom. The zero-order chi connectivity index (χ0) is 14.3. The maximum atomic E-state index is 12.5. The van der Waals surface area contributed by atoms with Gasteiger partial charge in [0.25, 0.3) is 0 Å². The van der Waals surface area contributed by atoms with Crippen LogP contribution in [0.5, 0.6) is 0 Å². The minimum atomic E-state index is -3.39. The van der Waals surface area contributed by atoms with E-state index in [2.05, 4.69) is 20.8 Å². The van der Waals surface area contributed by atoms with Crippen LogP contribution in [0.1, 0.15) is 32.1 Å². The number of nitrogens with zero attached hydrogens (tertiary/aromatic N) is 1. The number of hydrogen-bond donors (Lipinski definition) is 1. The van der Waals surface area contributed by atoms with Crippen molar-refractivity contribution in [2.45, 2.75) is 38.7 Å². The van der Waals surface area contributed by atoms with Gasteiger partial charge in [0.2, 0.25) is 10.0 Å². The molecule has 0 aromatic carbocycles. The molecular formula is C13H21NO3S2. The molecule has 2 heterocycles. The number of thiophene rings is 1. The highest BCUT2D eigenvalue weighted by Crippen LogP contribution is 2.36. The molecule has 1 unspecified atom stereocenters. The molecule has 0 spiro atoms. The Balaban J connectivity index is 2.18. The Morgan fingerprint density at radius 2 is 2.16 bits per heavy atom. The van der Waals surface area contributed by atoms with Crippen molar-refractivity contribution in [1.82, 2.24) is 4.31 Å². The van der Waals surface area contributed by atoms with E-state index in [0.717, 1.165) is 6.42 Å². The topological polar surface area (TPSA) is 57.6 Å². The molecule has 0 bridgehead atoms. The van der Waals surface area contributed by atoms with E-state index in [4.69, 9.17) is 5.11 Å². The fourth-order valence-electron chi connectivity index (χ4n) is 2.38. The first-order valence-corrected chi connectivity index (χ1v) is 8.75. The highest BCUT2D eigenvalue weighted by atomic mass is 32.2. The Bertz CT molecular complexity index is 542. The molecule has 1 atom stereocenters. The summed E-state index contributed by atoms with van der Waals surface area (Å²) < 4.78 is 26.5. The van der Waals surface area contributed by atoms with Gasteiger partial charge in [-0.3, -0.25) is 0 Å². The SMILES string of the molecule is CC(C)(C)C1CCN(S(=O)(=O)c2csc(CO)c2)C1. The molecule has 1 aromatic rings. The molecule has 1 fully saturated rings. The first-order valence-electron chi connectivity index (χ1n) is 6.43. The molecule has 1 saturated heterocycles. The van der Waals surface area contributed by atoms with Crippen molar-refractivity contribution in [3.05, 3.63) is 16.3 Å². The van der Waals surface area contributed by atoms with Crippen LogP contribution in [0.25, 0.3) is 0 Å². The molecule has 1 aliphatic heterocycles. The third-order valence-electron chi connectivity index (χ3n) is 3.80. The second kappa shape index (κ2) is 5.16. The highest BCUT2D eigenvalue weighted by molar-refractivity contribution is 7.89. The van der Waals surface area contributed by atoms with Gasteiger partial charge in [-0.25, -0.2) is 8.42 Å². The van der Waals surface area contributed by atoms with Gasteiger partial charge in [-0.05, 0) is 23.8 Å². The molecule has 4 nitrogen and oxygen atoms in total. The summed E-state index contributed by atoms with van der Waals surface area (Å²) >= 11 is 1.29. The quantitative estimate of drug-likeness (QED) is 0.932. The molecular weight excluding hydrogens is 282 g/mol. The van der Waals surface area contributed by atoms with Crippen LogP contribution in [-0.2, 0) is 16.6 Å². The van der Waals surface area contributed by atoms with E-state index in [0.29, 0.717) is 28.8 Å². The first-order chi connectivity index (χ1) is 8.75. The molecule has 6 heteroatoms. The second-order valence-corrected chi connectivity index (χ2v) is 9.06. The maximum absolute atomic E-state index is 12.5. The summed E-state index contributed by atoms with van der Waals surface area (Å²) in [7, 11) is -3.39. The molecule has 0 aliphatic carbocycles. The fraction of sp³-hybridized carbons (Fsp3) is 0.692. The maximum Gasteiger partial charge on any atom is 0.243 e. The van der Waals surface area contributed by atoms with Gasteiger partial charge in [-0.15, -0.1) is 11.3 Å². The minimum absolute atomic E-state index is 0.106. The lowest BCUT2D eigenvalue weighted by atomic mass is 9.80. The van der Waals surface area contributed by atoms with Gasteiger partial charge >= 0.3 is 0 Å². The molecule has 1 aliphatic rings. The molecule has 1 aromatic heterocycles. The highest BCUT2D eigenvalue weighted by Gasteiger charge is 2.37. The van der Waals surface area contributed by atoms with Crippen molar-refractivity contribution in [2.75, 3.05) is 13.1 Å². The van der Waals surface area contributed by atoms with Gasteiger partial charge in [-0.2, -0.15) is 4.31 Å². The Hall–Kier alpha value is -0.430. The van der Waals surface area contributed by atoms with E-state index < -0.39 is 10.0 Å². The lowest BCUT2D eigenvalue weighted by molar-refractivity contribution is 0.252. The Morgan fingerprint density at radius 3 is 2.63 bits per heavy atom. The van der Waals surface area contributed by atoms with E-state index in [1.54, 1.807) is 15.8 Å². The zero-order valence-electron chi connectivity index (χ0n) is 11.6. The standard InChI is InChI=1S/C13H21NO3S2/c1-13(2,3)10-4-5-14(7-10)19(16,17)12-6-11(8-15)18-9-12/h6,9-10,15H,4-5,7-8H2,1-3H3. The zero-order valence-corrected chi connectivity index (χ0v) is 13.2. The molecule has 108 valence electrons. The van der Waals surface area contributed by atoms with Crippen molar-refractivity contribution in [3.8, 4) is 0 Å². The monoisotopic (exact) mass is 303 g/mol. The fourth-order valence-corrected chi connectivity index (χ4v) is 5.00. The van der Waals surface area contributed by atoms with Gasteiger partial charge < -0.3 is 5.11 Å². The van der Waals surface area contributed by atoms with Gasteiger partial charge in [0.15, 0.2) is 0 Å². The summed E-state index contributed by atoms with van der Waals surface area (Å²) in [4.78, 5) is 1.00. The van der Waals surface area contributed by atoms with Crippen LogP contribution in [0.2, 0.25) is 0 Å². The van der Waals surface area contributed by atoms with Crippen LogP contribution in [0, 0.1) is 11.3 Å². The molecule has 19 heavy (non-hydrogen) atoms. The third kappa shape index (κ3) is 3.02. The largest absolute Gasteiger partial charge is 0.391 e. The van der Waals surface area contributed by atoms with E-state index in [9.17, 15) is 8.42 Å². The molecule has 1 N–H and O–H groups in total. The number of sulfonamides is 1. The van der Waals surface area contributed by atoms with Crippen LogP contribution in [0.15, 0.2) is 16.3 Å². The summed E-state index contributed by atoms with van der Waals surface area (Å²) in [6.45, 7) is 7.54. The van der Waals surface area contributed by atoms with Crippen molar-refractivity contribution in [2.24, 2.45) is 11.3 Å². The Labute approximate surface area is 119 Å². The van der Waals surface area contributed by atoms with Crippen LogP contribution < -0.4 is 0 Å². The summed E-state index contributed by atoms with van der Waals surface area (Å²) in [5.74, 6) is 0.401. The van der Waals surface area contributed by atoms with Crippen molar-refractivity contribution >= 4 is 21.4 Å². The summed E-state index contributed by atoms with van der Waals surface area (Å²) in [6, 6.07) is 1.57. The summed E-state index contributed by atoms with van der Waals surface area (Å²) in [5.41, 5.74) is 0.134. The van der Waals surface area contributed by atoms with E-state index in [1.165, 1.54) is 11.3 Å².